The van der Waals surface area contributed by atoms with Crippen molar-refractivity contribution >= 4 is 58.1 Å². The first-order valence-corrected chi connectivity index (χ1v) is 15.8. The van der Waals surface area contributed by atoms with Crippen molar-refractivity contribution in [1.29, 1.82) is 0 Å². The fourth-order valence-electron chi connectivity index (χ4n) is 0. The first-order valence-electron chi connectivity index (χ1n) is 3.17. The zero-order valence-corrected chi connectivity index (χ0v) is 15.6. The maximum atomic E-state index is 6.26. The van der Waals surface area contributed by atoms with E-state index in [1.165, 1.54) is 0 Å². The molecular weight excluding hydrogens is 523 g/mol. The molecule has 112 valence electrons. The summed E-state index contributed by atoms with van der Waals surface area (Å²) in [7, 11) is 26.7. The van der Waals surface area contributed by atoms with Gasteiger partial charge < -0.3 is 22.9 Å². The topological polar surface area (TPSA) is 95.2 Å². The van der Waals surface area contributed by atoms with Crippen molar-refractivity contribution in [3.63, 3.8) is 0 Å². The Balaban J connectivity index is -0.0000000610. The van der Waals surface area contributed by atoms with Crippen LogP contribution in [0.5, 0.6) is 0 Å². The first-order chi connectivity index (χ1) is 7.24. The molecule has 0 rings (SSSR count). The summed E-state index contributed by atoms with van der Waals surface area (Å²) in [6, 6.07) is 0. The second-order valence-corrected chi connectivity index (χ2v) is 18.7. The van der Waals surface area contributed by atoms with Gasteiger partial charge in [-0.2, -0.15) is 26.2 Å². The molecule has 0 spiro atoms. The fraction of sp³-hybridized carbons (Fsp3) is 1.00. The zero-order valence-electron chi connectivity index (χ0n) is 7.76. The minimum atomic E-state index is -2.89. The van der Waals surface area contributed by atoms with E-state index < -0.39 is 10.8 Å². The van der Waals surface area contributed by atoms with Gasteiger partial charge in [0.25, 0.3) is 0 Å². The van der Waals surface area contributed by atoms with Crippen LogP contribution in [-0.4, -0.2) is 26.2 Å². The smallest absolute Gasteiger partial charge is 0.171 e. The van der Waals surface area contributed by atoms with E-state index in [0.29, 0.717) is 0 Å². The largest absolute Gasteiger partial charge is 0.679 e. The molecule has 0 aliphatic heterocycles. The van der Waals surface area contributed by atoms with Gasteiger partial charge in [0, 0.05) is 0 Å². The Hall–Kier alpha value is 2.83. The molecule has 0 aromatic carbocycles. The predicted octanol–water partition coefficient (Wildman–Crippen LogP) is 6.31. The zero-order chi connectivity index (χ0) is 14.0. The molecule has 0 aliphatic rings. The van der Waals surface area contributed by atoms with Crippen molar-refractivity contribution in [3.05, 3.63) is 22.9 Å². The molecule has 0 heterocycles. The maximum absolute atomic E-state index is 6.26. The van der Waals surface area contributed by atoms with Crippen LogP contribution in [0.15, 0.2) is 0 Å². The van der Waals surface area contributed by atoms with Crippen molar-refractivity contribution in [3.8, 4) is 0 Å². The second-order valence-electron chi connectivity index (χ2n) is 1.33. The van der Waals surface area contributed by atoms with Crippen molar-refractivity contribution in [2.45, 2.75) is 0 Å². The monoisotopic (exact) mass is 532 g/mol. The van der Waals surface area contributed by atoms with Gasteiger partial charge in [-0.05, 0) is 0 Å². The molecule has 4 nitrogen and oxygen atoms in total. The Kier molecular flexibility index (Phi) is 44.9. The molecule has 0 aromatic heterocycles. The fourth-order valence-corrected chi connectivity index (χ4v) is 0. The molecule has 16 heavy (non-hydrogen) atoms. The van der Waals surface area contributed by atoms with Crippen LogP contribution in [-0.2, 0) is 26.0 Å². The van der Waals surface area contributed by atoms with Gasteiger partial charge in [-0.15, -0.1) is 0 Å². The minimum absolute atomic E-state index is 0.226. The van der Waals surface area contributed by atoms with Crippen LogP contribution in [0.25, 0.3) is 22.9 Å². The number of hydrogen-bond acceptors (Lipinski definition) is 0. The van der Waals surface area contributed by atoms with Crippen molar-refractivity contribution in [1.82, 2.24) is 0 Å². The van der Waals surface area contributed by atoms with E-state index in [9.17, 15) is 0 Å². The van der Waals surface area contributed by atoms with E-state index in [-0.39, 0.29) is 41.3 Å². The van der Waals surface area contributed by atoms with Crippen LogP contribution in [0, 0.1) is 0 Å². The predicted molar refractivity (Wildman–Crippen MR) is 71.9 cm³/mol. The van der Waals surface area contributed by atoms with Gasteiger partial charge >= 0.3 is 84.1 Å². The number of nitrogens with one attached hydrogen (secondary N) is 4. The van der Waals surface area contributed by atoms with E-state index in [1.807, 2.05) is 0 Å². The second kappa shape index (κ2) is 26.4. The van der Waals surface area contributed by atoms with E-state index in [1.54, 1.807) is 0 Å². The van der Waals surface area contributed by atoms with E-state index in [2.05, 4.69) is 0 Å². The molecule has 0 fully saturated rings. The molecule has 0 saturated heterocycles. The molecule has 12 heteroatoms. The number of halogens is 6. The Morgan fingerprint density at radius 1 is 0.688 bits per heavy atom. The number of rotatable bonds is 2. The summed E-state index contributed by atoms with van der Waals surface area (Å²) in [6.45, 7) is 0.944. The Labute approximate surface area is 132 Å². The van der Waals surface area contributed by atoms with Crippen LogP contribution in [0.3, 0.4) is 0 Å². The quantitative estimate of drug-likeness (QED) is 0.371. The van der Waals surface area contributed by atoms with Crippen molar-refractivity contribution in [2.75, 3.05) is 26.2 Å². The SMILES string of the molecule is [Cl][Rh]([Cl])([Cl])[Cl].[Cl][Rh][Cl].[NH-]CC[NH-].[NH-]CC[NH-]. The number of hydrogen-bond donors (Lipinski definition) is 0. The van der Waals surface area contributed by atoms with Crippen molar-refractivity contribution < 1.29 is 26.0 Å². The molecule has 0 bridgehead atoms. The maximum Gasteiger partial charge on any atom is -0.171 e. The van der Waals surface area contributed by atoms with Gasteiger partial charge in [-0.25, -0.2) is 0 Å². The molecule has 0 amide bonds. The summed E-state index contributed by atoms with van der Waals surface area (Å²) in [5.74, 6) is 0. The first kappa shape index (κ1) is 27.2. The molecule has 0 unspecified atom stereocenters. The average Bonchev–Trinajstić information content (AvgIpc) is 2.16. The molecular formula is C4H12Cl6N4Rh2-4. The Morgan fingerprint density at radius 2 is 0.750 bits per heavy atom. The van der Waals surface area contributed by atoms with Gasteiger partial charge in [-0.1, -0.05) is 0 Å². The van der Waals surface area contributed by atoms with E-state index >= 15 is 0 Å². The Morgan fingerprint density at radius 3 is 0.750 bits per heavy atom. The normalized spacial score (nSPS) is 9.88. The van der Waals surface area contributed by atoms with Crippen LogP contribution in [0.1, 0.15) is 0 Å². The van der Waals surface area contributed by atoms with E-state index in [0.717, 1.165) is 0 Å². The summed E-state index contributed by atoms with van der Waals surface area (Å²) in [4.78, 5) is 0. The van der Waals surface area contributed by atoms with Gasteiger partial charge in [0.1, 0.15) is 0 Å². The van der Waals surface area contributed by atoms with Crippen molar-refractivity contribution in [2.24, 2.45) is 0 Å². The summed E-state index contributed by atoms with van der Waals surface area (Å²) >= 11 is -0.226. The summed E-state index contributed by atoms with van der Waals surface area (Å²) < 4.78 is 0. The molecule has 0 saturated carbocycles. The van der Waals surface area contributed by atoms with Gasteiger partial charge in [-0.3, -0.25) is 0 Å². The van der Waals surface area contributed by atoms with Crippen LogP contribution in [0.4, 0.5) is 0 Å². The van der Waals surface area contributed by atoms with Gasteiger partial charge in [0.2, 0.25) is 0 Å². The molecule has 0 atom stereocenters. The molecule has 0 aromatic rings. The third-order valence-corrected chi connectivity index (χ3v) is 0.250. The standard InChI is InChI=1S/2C2H6N2.6ClH.2Rh/c2*3-1-2-4;;;;;;;;/h2*3-4H,1-2H2;6*1H;;/q2*-2;;;;;;;+2;+4/p-6. The average molecular weight is 535 g/mol. The minimum Gasteiger partial charge on any atom is -0.679 e. The third kappa shape index (κ3) is 181. The van der Waals surface area contributed by atoms with E-state index in [4.69, 9.17) is 81.1 Å². The van der Waals surface area contributed by atoms with Crippen LogP contribution >= 0.6 is 58.1 Å². The third-order valence-electron chi connectivity index (χ3n) is 0.250. The molecule has 0 aliphatic carbocycles. The summed E-state index contributed by atoms with van der Waals surface area (Å²) in [6.07, 6.45) is 0. The summed E-state index contributed by atoms with van der Waals surface area (Å²) in [5.41, 5.74) is 25.1. The Bertz CT molecular complexity index is 83.1. The molecule has 0 radical (unpaired) electrons. The summed E-state index contributed by atoms with van der Waals surface area (Å²) in [5, 5.41) is 0. The van der Waals surface area contributed by atoms with Crippen LogP contribution in [0.2, 0.25) is 0 Å². The van der Waals surface area contributed by atoms with Gasteiger partial charge in [0.15, 0.2) is 0 Å². The molecule has 4 N–H and O–H groups in total. The van der Waals surface area contributed by atoms with Crippen LogP contribution < -0.4 is 0 Å². The van der Waals surface area contributed by atoms with Gasteiger partial charge in [0.05, 0.1) is 0 Å².